The summed E-state index contributed by atoms with van der Waals surface area (Å²) in [5, 5.41) is 9.04. The molecule has 0 aliphatic heterocycles. The number of hydrogen-bond donors (Lipinski definition) is 2. The van der Waals surface area contributed by atoms with Crippen molar-refractivity contribution >= 4 is 0 Å². The zero-order valence-corrected chi connectivity index (χ0v) is 6.87. The predicted molar refractivity (Wildman–Crippen MR) is 45.6 cm³/mol. The Balaban J connectivity index is 2.88. The lowest BCUT2D eigenvalue weighted by molar-refractivity contribution is 0.299. The van der Waals surface area contributed by atoms with Crippen LogP contribution in [0.1, 0.15) is 18.7 Å². The first-order valence-electron chi connectivity index (χ1n) is 3.80. The summed E-state index contributed by atoms with van der Waals surface area (Å²) in [4.78, 5) is 0. The minimum absolute atomic E-state index is 0.0656. The molecule has 0 saturated heterocycles. The standard InChI is InChI=1S/C9H12FNO/c1-6(11)9(10)7-3-2-4-8(12)5-7/h2-6,9,12H,11H2,1H3. The molecule has 2 unspecified atom stereocenters. The van der Waals surface area contributed by atoms with Crippen LogP contribution in [0.15, 0.2) is 24.3 Å². The minimum Gasteiger partial charge on any atom is -0.508 e. The molecule has 2 atom stereocenters. The van der Waals surface area contributed by atoms with Crippen LogP contribution >= 0.6 is 0 Å². The van der Waals surface area contributed by atoms with Crippen LogP contribution in [-0.4, -0.2) is 11.1 Å². The highest BCUT2D eigenvalue weighted by Gasteiger charge is 2.14. The molecular formula is C9H12FNO. The summed E-state index contributed by atoms with van der Waals surface area (Å²) in [6.07, 6.45) is -1.21. The van der Waals surface area contributed by atoms with Crippen molar-refractivity contribution in [2.45, 2.75) is 19.1 Å². The van der Waals surface area contributed by atoms with Gasteiger partial charge in [-0.1, -0.05) is 12.1 Å². The summed E-state index contributed by atoms with van der Waals surface area (Å²) >= 11 is 0. The van der Waals surface area contributed by atoms with Gasteiger partial charge < -0.3 is 10.8 Å². The molecule has 2 nitrogen and oxygen atoms in total. The largest absolute Gasteiger partial charge is 0.508 e. The van der Waals surface area contributed by atoms with Crippen LogP contribution in [0.25, 0.3) is 0 Å². The van der Waals surface area contributed by atoms with E-state index < -0.39 is 12.2 Å². The number of phenolic OH excluding ortho intramolecular Hbond substituents is 1. The Bertz CT molecular complexity index is 262. The number of halogens is 1. The molecule has 0 bridgehead atoms. The molecule has 0 fully saturated rings. The minimum atomic E-state index is -1.21. The molecule has 66 valence electrons. The van der Waals surface area contributed by atoms with E-state index in [1.807, 2.05) is 0 Å². The van der Waals surface area contributed by atoms with Gasteiger partial charge in [0.15, 0.2) is 0 Å². The predicted octanol–water partition coefficient (Wildman–Crippen LogP) is 1.75. The maximum absolute atomic E-state index is 13.2. The average molecular weight is 169 g/mol. The van der Waals surface area contributed by atoms with Crippen LogP contribution in [0, 0.1) is 0 Å². The summed E-state index contributed by atoms with van der Waals surface area (Å²) in [6.45, 7) is 1.59. The molecule has 3 N–H and O–H groups in total. The highest BCUT2D eigenvalue weighted by atomic mass is 19.1. The first kappa shape index (κ1) is 9.00. The highest BCUT2D eigenvalue weighted by molar-refractivity contribution is 5.29. The first-order chi connectivity index (χ1) is 5.61. The third-order valence-corrected chi connectivity index (χ3v) is 1.65. The highest BCUT2D eigenvalue weighted by Crippen LogP contribution is 2.22. The van der Waals surface area contributed by atoms with E-state index in [2.05, 4.69) is 0 Å². The zero-order chi connectivity index (χ0) is 9.14. The topological polar surface area (TPSA) is 46.2 Å². The lowest BCUT2D eigenvalue weighted by Crippen LogP contribution is -2.21. The Morgan fingerprint density at radius 1 is 1.50 bits per heavy atom. The normalized spacial score (nSPS) is 15.6. The Morgan fingerprint density at radius 2 is 2.17 bits per heavy atom. The fourth-order valence-electron chi connectivity index (χ4n) is 1.000. The van der Waals surface area contributed by atoms with E-state index in [1.54, 1.807) is 19.1 Å². The Morgan fingerprint density at radius 3 is 2.67 bits per heavy atom. The van der Waals surface area contributed by atoms with Crippen molar-refractivity contribution in [1.29, 1.82) is 0 Å². The van der Waals surface area contributed by atoms with Crippen LogP contribution in [0.4, 0.5) is 4.39 Å². The number of phenols is 1. The van der Waals surface area contributed by atoms with Gasteiger partial charge in [0.2, 0.25) is 0 Å². The van der Waals surface area contributed by atoms with Gasteiger partial charge in [0, 0.05) is 6.04 Å². The van der Waals surface area contributed by atoms with Gasteiger partial charge in [-0.05, 0) is 24.6 Å². The molecule has 0 amide bonds. The van der Waals surface area contributed by atoms with E-state index >= 15 is 0 Å². The molecule has 0 saturated carbocycles. The number of aromatic hydroxyl groups is 1. The molecule has 1 aromatic rings. The second-order valence-corrected chi connectivity index (χ2v) is 2.86. The van der Waals surface area contributed by atoms with Gasteiger partial charge in [-0.3, -0.25) is 0 Å². The molecule has 1 aromatic carbocycles. The molecule has 0 spiro atoms. The third-order valence-electron chi connectivity index (χ3n) is 1.65. The molecule has 0 aliphatic carbocycles. The van der Waals surface area contributed by atoms with E-state index in [-0.39, 0.29) is 5.75 Å². The van der Waals surface area contributed by atoms with Crippen molar-refractivity contribution in [3.05, 3.63) is 29.8 Å². The molecule has 1 rings (SSSR count). The zero-order valence-electron chi connectivity index (χ0n) is 6.87. The number of rotatable bonds is 2. The average Bonchev–Trinajstić information content (AvgIpc) is 2.03. The van der Waals surface area contributed by atoms with Crippen LogP contribution in [0.5, 0.6) is 5.75 Å². The molecule has 12 heavy (non-hydrogen) atoms. The molecule has 3 heteroatoms. The molecule has 0 radical (unpaired) electrons. The smallest absolute Gasteiger partial charge is 0.140 e. The maximum atomic E-state index is 13.2. The number of benzene rings is 1. The van der Waals surface area contributed by atoms with Crippen LogP contribution < -0.4 is 5.73 Å². The summed E-state index contributed by atoms with van der Waals surface area (Å²) in [5.74, 6) is 0.0656. The van der Waals surface area contributed by atoms with E-state index in [1.165, 1.54) is 12.1 Å². The third kappa shape index (κ3) is 1.95. The Labute approximate surface area is 70.8 Å². The van der Waals surface area contributed by atoms with Crippen molar-refractivity contribution in [3.8, 4) is 5.75 Å². The fourth-order valence-corrected chi connectivity index (χ4v) is 1.000. The molecular weight excluding hydrogens is 157 g/mol. The second kappa shape index (κ2) is 3.54. The van der Waals surface area contributed by atoms with Crippen molar-refractivity contribution < 1.29 is 9.50 Å². The molecule has 0 heterocycles. The number of nitrogens with two attached hydrogens (primary N) is 1. The van der Waals surface area contributed by atoms with Crippen molar-refractivity contribution in [3.63, 3.8) is 0 Å². The van der Waals surface area contributed by atoms with Crippen molar-refractivity contribution in [2.75, 3.05) is 0 Å². The summed E-state index contributed by atoms with van der Waals surface area (Å²) in [6, 6.07) is 5.53. The van der Waals surface area contributed by atoms with E-state index in [4.69, 9.17) is 10.8 Å². The van der Waals surface area contributed by atoms with Gasteiger partial charge in [-0.25, -0.2) is 4.39 Å². The molecule has 0 aromatic heterocycles. The van der Waals surface area contributed by atoms with E-state index in [0.29, 0.717) is 5.56 Å². The van der Waals surface area contributed by atoms with Crippen LogP contribution in [0.2, 0.25) is 0 Å². The Hall–Kier alpha value is -1.09. The van der Waals surface area contributed by atoms with Crippen molar-refractivity contribution in [1.82, 2.24) is 0 Å². The second-order valence-electron chi connectivity index (χ2n) is 2.86. The fraction of sp³-hybridized carbons (Fsp3) is 0.333. The monoisotopic (exact) mass is 169 g/mol. The van der Waals surface area contributed by atoms with E-state index in [9.17, 15) is 4.39 Å². The van der Waals surface area contributed by atoms with Crippen LogP contribution in [-0.2, 0) is 0 Å². The number of alkyl halides is 1. The van der Waals surface area contributed by atoms with Gasteiger partial charge in [0.1, 0.15) is 11.9 Å². The van der Waals surface area contributed by atoms with Gasteiger partial charge in [0.25, 0.3) is 0 Å². The van der Waals surface area contributed by atoms with Crippen LogP contribution in [0.3, 0.4) is 0 Å². The lowest BCUT2D eigenvalue weighted by atomic mass is 10.1. The summed E-state index contributed by atoms with van der Waals surface area (Å²) < 4.78 is 13.2. The van der Waals surface area contributed by atoms with Gasteiger partial charge in [-0.15, -0.1) is 0 Å². The van der Waals surface area contributed by atoms with Gasteiger partial charge >= 0.3 is 0 Å². The Kier molecular flexibility index (Phi) is 2.65. The lowest BCUT2D eigenvalue weighted by Gasteiger charge is -2.11. The first-order valence-corrected chi connectivity index (χ1v) is 3.80. The van der Waals surface area contributed by atoms with Gasteiger partial charge in [0.05, 0.1) is 0 Å². The van der Waals surface area contributed by atoms with Gasteiger partial charge in [-0.2, -0.15) is 0 Å². The SMILES string of the molecule is CC(N)C(F)c1cccc(O)c1. The summed E-state index contributed by atoms with van der Waals surface area (Å²) in [5.41, 5.74) is 5.78. The maximum Gasteiger partial charge on any atom is 0.140 e. The van der Waals surface area contributed by atoms with E-state index in [0.717, 1.165) is 0 Å². The van der Waals surface area contributed by atoms with Crippen molar-refractivity contribution in [2.24, 2.45) is 5.73 Å². The quantitative estimate of drug-likeness (QED) is 0.708. The molecule has 0 aliphatic rings. The number of hydrogen-bond acceptors (Lipinski definition) is 2. The summed E-state index contributed by atoms with van der Waals surface area (Å²) in [7, 11) is 0.